The van der Waals surface area contributed by atoms with Gasteiger partial charge in [-0.3, -0.25) is 5.43 Å². The average molecular weight is 460 g/mol. The number of pyridine rings is 1. The third-order valence-electron chi connectivity index (χ3n) is 3.67. The number of fused-ring (bicyclic) bond motifs is 1. The van der Waals surface area contributed by atoms with Crippen LogP contribution in [0, 0.1) is 0 Å². The summed E-state index contributed by atoms with van der Waals surface area (Å²) in [5.74, 6) is 0.634. The van der Waals surface area contributed by atoms with Crippen LogP contribution in [0.25, 0.3) is 20.8 Å². The number of aromatic nitrogens is 2. The van der Waals surface area contributed by atoms with Gasteiger partial charge in [0.05, 0.1) is 21.6 Å². The summed E-state index contributed by atoms with van der Waals surface area (Å²) < 4.78 is 1.16. The Balaban J connectivity index is 0.00000280. The first-order valence-corrected chi connectivity index (χ1v) is 9.39. The van der Waals surface area contributed by atoms with Crippen molar-refractivity contribution in [3.8, 4) is 10.6 Å². The molecule has 1 aromatic carbocycles. The Kier molecular flexibility index (Phi) is 8.01. The van der Waals surface area contributed by atoms with Crippen molar-refractivity contribution in [3.63, 3.8) is 0 Å². The van der Waals surface area contributed by atoms with E-state index in [1.165, 1.54) is 0 Å². The van der Waals surface area contributed by atoms with Gasteiger partial charge in [-0.1, -0.05) is 12.1 Å². The van der Waals surface area contributed by atoms with Gasteiger partial charge in [-0.2, -0.15) is 15.3 Å². The zero-order chi connectivity index (χ0) is 19.2. The Morgan fingerprint density at radius 2 is 1.86 bits per heavy atom. The molecule has 0 aliphatic rings. The summed E-state index contributed by atoms with van der Waals surface area (Å²) in [6.07, 6.45) is 1.78. The van der Waals surface area contributed by atoms with E-state index in [2.05, 4.69) is 42.1 Å². The fourth-order valence-corrected chi connectivity index (χ4v) is 3.04. The molecule has 0 unspecified atom stereocenters. The zero-order valence-electron chi connectivity index (χ0n) is 15.4. The molecule has 3 aromatic rings. The number of nitrogens with zero attached hydrogens (tertiary/aromatic N) is 5. The molecule has 10 heteroatoms. The molecule has 0 saturated carbocycles. The molecule has 2 N–H and O–H groups in total. The third kappa shape index (κ3) is 5.56. The van der Waals surface area contributed by atoms with Crippen LogP contribution < -0.4 is 10.7 Å². The molecule has 2 heterocycles. The standard InChI is InChI=1S/C18H19N7S2.Cu/c1-11(12(2)23-25-18(26)19-3)22-24-16-9-8-13(10-20-16)17-21-14-6-4-5-7-15(14)27-17;/h4-10H,1-3H3,(H,20,24)(H2,19,25,26);/q;+1/p-1. The minimum atomic E-state index is 0. The molecule has 2 aromatic heterocycles. The monoisotopic (exact) mass is 459 g/mol. The molecule has 0 fully saturated rings. The predicted molar refractivity (Wildman–Crippen MR) is 117 cm³/mol. The second-order valence-electron chi connectivity index (χ2n) is 5.57. The number of anilines is 1. The van der Waals surface area contributed by atoms with Crippen molar-refractivity contribution < 1.29 is 17.1 Å². The minimum absolute atomic E-state index is 0. The first kappa shape index (κ1) is 21.9. The van der Waals surface area contributed by atoms with Crippen molar-refractivity contribution in [2.45, 2.75) is 13.8 Å². The van der Waals surface area contributed by atoms with E-state index in [-0.39, 0.29) is 17.1 Å². The normalized spacial score (nSPS) is 12.6. The molecule has 148 valence electrons. The number of thiazole rings is 1. The van der Waals surface area contributed by atoms with Gasteiger partial charge in [-0.25, -0.2) is 9.97 Å². The summed E-state index contributed by atoms with van der Waals surface area (Å²) >= 11 is 6.57. The molecule has 0 atom stereocenters. The molecular formula is C18H18CuN7S2. The van der Waals surface area contributed by atoms with Crippen LogP contribution in [-0.4, -0.2) is 33.6 Å². The van der Waals surface area contributed by atoms with E-state index in [0.29, 0.717) is 22.4 Å². The van der Waals surface area contributed by atoms with E-state index in [9.17, 15) is 0 Å². The van der Waals surface area contributed by atoms with E-state index >= 15 is 0 Å². The van der Waals surface area contributed by atoms with Crippen LogP contribution >= 0.6 is 11.3 Å². The van der Waals surface area contributed by atoms with Crippen LogP contribution in [0.2, 0.25) is 0 Å². The van der Waals surface area contributed by atoms with Gasteiger partial charge in [0, 0.05) is 18.8 Å². The largest absolute Gasteiger partial charge is 1.00 e. The van der Waals surface area contributed by atoms with Crippen molar-refractivity contribution in [1.29, 1.82) is 0 Å². The maximum atomic E-state index is 4.92. The third-order valence-corrected chi connectivity index (χ3v) is 5.04. The van der Waals surface area contributed by atoms with E-state index in [1.807, 2.05) is 44.2 Å². The van der Waals surface area contributed by atoms with Gasteiger partial charge in [0.1, 0.15) is 10.8 Å². The Hall–Kier alpha value is -2.39. The molecule has 7 nitrogen and oxygen atoms in total. The summed E-state index contributed by atoms with van der Waals surface area (Å²) in [4.78, 5) is 9.04. The predicted octanol–water partition coefficient (Wildman–Crippen LogP) is 3.64. The smallest absolute Gasteiger partial charge is 0.741 e. The van der Waals surface area contributed by atoms with Crippen LogP contribution in [0.15, 0.2) is 57.9 Å². The van der Waals surface area contributed by atoms with Gasteiger partial charge < -0.3 is 17.9 Å². The fourth-order valence-electron chi connectivity index (χ4n) is 2.05. The second-order valence-corrected chi connectivity index (χ2v) is 6.99. The first-order valence-electron chi connectivity index (χ1n) is 8.16. The van der Waals surface area contributed by atoms with Gasteiger partial charge in [0.2, 0.25) is 0 Å². The zero-order valence-corrected chi connectivity index (χ0v) is 18.0. The Morgan fingerprint density at radius 3 is 2.54 bits per heavy atom. The first-order chi connectivity index (χ1) is 13.1. The van der Waals surface area contributed by atoms with Crippen LogP contribution in [0.5, 0.6) is 0 Å². The number of rotatable bonds is 5. The van der Waals surface area contributed by atoms with Crippen molar-refractivity contribution in [3.05, 3.63) is 42.6 Å². The van der Waals surface area contributed by atoms with Crippen LogP contribution in [0.3, 0.4) is 0 Å². The molecule has 0 amide bonds. The van der Waals surface area contributed by atoms with Crippen molar-refractivity contribution in [1.82, 2.24) is 15.3 Å². The SMILES string of the molecule is CNC([S-])=NN=C(C)C(C)=NNc1ccc(-c2nc3ccccc3s2)cn1.[Cu+]. The van der Waals surface area contributed by atoms with Crippen molar-refractivity contribution in [2.24, 2.45) is 15.3 Å². The van der Waals surface area contributed by atoms with Gasteiger partial charge in [0.25, 0.3) is 0 Å². The number of hydrogen-bond acceptors (Lipinski definition) is 8. The van der Waals surface area contributed by atoms with Gasteiger partial charge >= 0.3 is 17.1 Å². The summed E-state index contributed by atoms with van der Waals surface area (Å²) in [7, 11) is 1.70. The Bertz CT molecular complexity index is 993. The quantitative estimate of drug-likeness (QED) is 0.200. The van der Waals surface area contributed by atoms with Gasteiger partial charge in [0.15, 0.2) is 0 Å². The second kappa shape index (κ2) is 10.2. The van der Waals surface area contributed by atoms with Crippen LogP contribution in [0.1, 0.15) is 13.8 Å². The molecule has 0 saturated heterocycles. The minimum Gasteiger partial charge on any atom is -0.741 e. The van der Waals surface area contributed by atoms with E-state index in [1.54, 1.807) is 24.6 Å². The Morgan fingerprint density at radius 1 is 1.07 bits per heavy atom. The van der Waals surface area contributed by atoms with Gasteiger partial charge in [-0.05, 0) is 43.3 Å². The molecular weight excluding hydrogens is 442 g/mol. The topological polar surface area (TPSA) is 86.9 Å². The molecule has 0 aliphatic carbocycles. The summed E-state index contributed by atoms with van der Waals surface area (Å²) in [6, 6.07) is 11.9. The summed E-state index contributed by atoms with van der Waals surface area (Å²) in [6.45, 7) is 3.64. The number of nitrogens with one attached hydrogen (secondary N) is 2. The van der Waals surface area contributed by atoms with E-state index < -0.39 is 0 Å². The van der Waals surface area contributed by atoms with Crippen molar-refractivity contribution >= 4 is 56.6 Å². The molecule has 0 radical (unpaired) electrons. The number of para-hydroxylation sites is 1. The number of hydrazone groups is 1. The van der Waals surface area contributed by atoms with E-state index in [0.717, 1.165) is 20.8 Å². The van der Waals surface area contributed by atoms with Crippen molar-refractivity contribution in [2.75, 3.05) is 12.5 Å². The molecule has 3 rings (SSSR count). The number of amidine groups is 1. The molecule has 0 spiro atoms. The molecule has 28 heavy (non-hydrogen) atoms. The Labute approximate surface area is 183 Å². The summed E-state index contributed by atoms with van der Waals surface area (Å²) in [5.41, 5.74) is 6.24. The molecule has 0 aliphatic heterocycles. The molecule has 0 bridgehead atoms. The average Bonchev–Trinajstić information content (AvgIpc) is 3.14. The van der Waals surface area contributed by atoms with Crippen LogP contribution in [0.4, 0.5) is 5.82 Å². The van der Waals surface area contributed by atoms with E-state index in [4.69, 9.17) is 12.6 Å². The maximum Gasteiger partial charge on any atom is 1.00 e. The fraction of sp³-hybridized carbons (Fsp3) is 0.167. The number of hydrogen-bond donors (Lipinski definition) is 2. The summed E-state index contributed by atoms with van der Waals surface area (Å²) in [5, 5.41) is 16.2. The number of benzene rings is 1. The van der Waals surface area contributed by atoms with Crippen LogP contribution in [-0.2, 0) is 29.7 Å². The maximum absolute atomic E-state index is 4.92. The van der Waals surface area contributed by atoms with Gasteiger partial charge in [-0.15, -0.1) is 11.3 Å².